The number of halogens is 1. The van der Waals surface area contributed by atoms with Crippen LogP contribution < -0.4 is 5.90 Å². The zero-order valence-electron chi connectivity index (χ0n) is 7.33. The molecule has 0 amide bonds. The van der Waals surface area contributed by atoms with Crippen molar-refractivity contribution in [2.24, 2.45) is 5.90 Å². The molecular formula is C9H12FNO2. The molecule has 13 heavy (non-hydrogen) atoms. The normalized spacial score (nSPS) is 12.8. The predicted octanol–water partition coefficient (Wildman–Crippen LogP) is 1.53. The van der Waals surface area contributed by atoms with Crippen LogP contribution in [0.5, 0.6) is 5.75 Å². The summed E-state index contributed by atoms with van der Waals surface area (Å²) in [5, 5.41) is 8.95. The van der Waals surface area contributed by atoms with Crippen molar-refractivity contribution < 1.29 is 14.3 Å². The van der Waals surface area contributed by atoms with Crippen LogP contribution in [0.1, 0.15) is 18.4 Å². The van der Waals surface area contributed by atoms with E-state index >= 15 is 0 Å². The highest BCUT2D eigenvalue weighted by Gasteiger charge is 2.10. The van der Waals surface area contributed by atoms with Gasteiger partial charge in [-0.1, -0.05) is 13.0 Å². The zero-order chi connectivity index (χ0) is 9.84. The average Bonchev–Trinajstić information content (AvgIpc) is 2.04. The first kappa shape index (κ1) is 9.95. The highest BCUT2D eigenvalue weighted by molar-refractivity contribution is 5.29. The van der Waals surface area contributed by atoms with Crippen molar-refractivity contribution in [1.29, 1.82) is 0 Å². The van der Waals surface area contributed by atoms with Crippen LogP contribution >= 0.6 is 0 Å². The topological polar surface area (TPSA) is 55.5 Å². The van der Waals surface area contributed by atoms with Crippen LogP contribution in [-0.4, -0.2) is 11.7 Å². The predicted molar refractivity (Wildman–Crippen MR) is 46.6 cm³/mol. The number of hydrogen-bond donors (Lipinski definition) is 2. The van der Waals surface area contributed by atoms with Crippen molar-refractivity contribution in [3.8, 4) is 5.75 Å². The Morgan fingerprint density at radius 3 is 2.85 bits per heavy atom. The first-order chi connectivity index (χ1) is 6.15. The van der Waals surface area contributed by atoms with E-state index in [1.807, 2.05) is 0 Å². The summed E-state index contributed by atoms with van der Waals surface area (Å²) in [6.45, 7) is 2.05. The fourth-order valence-corrected chi connectivity index (χ4v) is 1.15. The second-order valence-electron chi connectivity index (χ2n) is 2.94. The molecule has 3 nitrogen and oxygen atoms in total. The average molecular weight is 185 g/mol. The lowest BCUT2D eigenvalue weighted by molar-refractivity contribution is 0.126. The van der Waals surface area contributed by atoms with Gasteiger partial charge in [-0.05, 0) is 11.6 Å². The molecule has 72 valence electrons. The van der Waals surface area contributed by atoms with Gasteiger partial charge in [0.25, 0.3) is 0 Å². The summed E-state index contributed by atoms with van der Waals surface area (Å²) in [5.74, 6) is 4.23. The smallest absolute Gasteiger partial charge is 0.130 e. The van der Waals surface area contributed by atoms with Gasteiger partial charge >= 0.3 is 0 Å². The molecule has 0 radical (unpaired) electrons. The van der Waals surface area contributed by atoms with Crippen molar-refractivity contribution >= 4 is 0 Å². The van der Waals surface area contributed by atoms with Crippen molar-refractivity contribution in [1.82, 2.24) is 0 Å². The Hall–Kier alpha value is -1.13. The fraction of sp³-hybridized carbons (Fsp3) is 0.333. The molecule has 0 aromatic heterocycles. The maximum Gasteiger partial charge on any atom is 0.130 e. The third kappa shape index (κ3) is 2.40. The van der Waals surface area contributed by atoms with E-state index in [9.17, 15) is 4.39 Å². The van der Waals surface area contributed by atoms with Gasteiger partial charge in [0.15, 0.2) is 0 Å². The van der Waals surface area contributed by atoms with Crippen molar-refractivity contribution in [2.45, 2.75) is 12.8 Å². The van der Waals surface area contributed by atoms with E-state index in [-0.39, 0.29) is 18.3 Å². The summed E-state index contributed by atoms with van der Waals surface area (Å²) in [4.78, 5) is 4.41. The number of nitrogens with two attached hydrogens (primary N) is 1. The summed E-state index contributed by atoms with van der Waals surface area (Å²) in [6.07, 6.45) is 0. The van der Waals surface area contributed by atoms with Crippen LogP contribution in [0, 0.1) is 5.82 Å². The maximum atomic E-state index is 13.2. The second-order valence-corrected chi connectivity index (χ2v) is 2.94. The Labute approximate surface area is 75.9 Å². The molecule has 0 aliphatic carbocycles. The van der Waals surface area contributed by atoms with Crippen LogP contribution in [0.3, 0.4) is 0 Å². The SMILES string of the molecule is CC(CON)c1ccc(O)cc1F. The van der Waals surface area contributed by atoms with Gasteiger partial charge in [0.05, 0.1) is 6.61 Å². The highest BCUT2D eigenvalue weighted by Crippen LogP contribution is 2.22. The molecule has 0 aliphatic heterocycles. The summed E-state index contributed by atoms with van der Waals surface area (Å²) in [6, 6.07) is 4.03. The van der Waals surface area contributed by atoms with Gasteiger partial charge in [-0.3, -0.25) is 0 Å². The molecule has 0 fully saturated rings. The van der Waals surface area contributed by atoms with Crippen molar-refractivity contribution in [3.63, 3.8) is 0 Å². The number of aromatic hydroxyl groups is 1. The zero-order valence-corrected chi connectivity index (χ0v) is 7.33. The van der Waals surface area contributed by atoms with E-state index in [4.69, 9.17) is 11.0 Å². The van der Waals surface area contributed by atoms with E-state index in [0.29, 0.717) is 5.56 Å². The standard InChI is InChI=1S/C9H12FNO2/c1-6(5-13-11)8-3-2-7(12)4-9(8)10/h2-4,6,12H,5,11H2,1H3. The van der Waals surface area contributed by atoms with Crippen LogP contribution in [0.4, 0.5) is 4.39 Å². The largest absolute Gasteiger partial charge is 0.508 e. The van der Waals surface area contributed by atoms with E-state index in [0.717, 1.165) is 6.07 Å². The van der Waals surface area contributed by atoms with Crippen LogP contribution in [0.2, 0.25) is 0 Å². The number of phenolic OH excluding ortho intramolecular Hbond substituents is 1. The Morgan fingerprint density at radius 2 is 2.31 bits per heavy atom. The number of benzene rings is 1. The minimum absolute atomic E-state index is 0.0814. The molecule has 0 saturated heterocycles. The Kier molecular flexibility index (Phi) is 3.22. The van der Waals surface area contributed by atoms with Crippen LogP contribution in [0.25, 0.3) is 0 Å². The molecule has 0 bridgehead atoms. The van der Waals surface area contributed by atoms with E-state index in [1.165, 1.54) is 12.1 Å². The third-order valence-corrected chi connectivity index (χ3v) is 1.86. The summed E-state index contributed by atoms with van der Waals surface area (Å²) in [5.41, 5.74) is 0.489. The van der Waals surface area contributed by atoms with Gasteiger partial charge in [-0.25, -0.2) is 10.3 Å². The Bertz CT molecular complexity index is 291. The third-order valence-electron chi connectivity index (χ3n) is 1.86. The van der Waals surface area contributed by atoms with Crippen LogP contribution in [-0.2, 0) is 4.84 Å². The lowest BCUT2D eigenvalue weighted by Crippen LogP contribution is -2.09. The van der Waals surface area contributed by atoms with E-state index < -0.39 is 5.82 Å². The van der Waals surface area contributed by atoms with Gasteiger partial charge in [0.2, 0.25) is 0 Å². The maximum absolute atomic E-state index is 13.2. The van der Waals surface area contributed by atoms with Crippen molar-refractivity contribution in [2.75, 3.05) is 6.61 Å². The Morgan fingerprint density at radius 1 is 1.62 bits per heavy atom. The lowest BCUT2D eigenvalue weighted by Gasteiger charge is -2.10. The summed E-state index contributed by atoms with van der Waals surface area (Å²) in [7, 11) is 0. The molecule has 0 spiro atoms. The molecule has 0 heterocycles. The second kappa shape index (κ2) is 4.20. The van der Waals surface area contributed by atoms with Crippen molar-refractivity contribution in [3.05, 3.63) is 29.6 Å². The van der Waals surface area contributed by atoms with Gasteiger partial charge in [0.1, 0.15) is 11.6 Å². The molecule has 4 heteroatoms. The minimum Gasteiger partial charge on any atom is -0.508 e. The number of rotatable bonds is 3. The summed E-state index contributed by atoms with van der Waals surface area (Å²) >= 11 is 0. The molecule has 0 aliphatic rings. The van der Waals surface area contributed by atoms with Gasteiger partial charge in [0, 0.05) is 12.0 Å². The monoisotopic (exact) mass is 185 g/mol. The van der Waals surface area contributed by atoms with Gasteiger partial charge in [-0.2, -0.15) is 0 Å². The first-order valence-electron chi connectivity index (χ1n) is 3.95. The molecule has 1 atom stereocenters. The molecule has 1 aromatic carbocycles. The molecule has 1 unspecified atom stereocenters. The molecule has 0 saturated carbocycles. The highest BCUT2D eigenvalue weighted by atomic mass is 19.1. The first-order valence-corrected chi connectivity index (χ1v) is 3.95. The van der Waals surface area contributed by atoms with Gasteiger partial charge in [-0.15, -0.1) is 0 Å². The van der Waals surface area contributed by atoms with Gasteiger partial charge < -0.3 is 9.94 Å². The van der Waals surface area contributed by atoms with E-state index in [2.05, 4.69) is 4.84 Å². The molecule has 3 N–H and O–H groups in total. The van der Waals surface area contributed by atoms with Crippen LogP contribution in [0.15, 0.2) is 18.2 Å². The molecule has 1 aromatic rings. The summed E-state index contributed by atoms with van der Waals surface area (Å²) < 4.78 is 13.2. The number of phenols is 1. The lowest BCUT2D eigenvalue weighted by atomic mass is 10.0. The fourth-order valence-electron chi connectivity index (χ4n) is 1.15. The minimum atomic E-state index is -0.440. The quantitative estimate of drug-likeness (QED) is 0.702. The number of hydrogen-bond acceptors (Lipinski definition) is 3. The molecular weight excluding hydrogens is 173 g/mol. The Balaban J connectivity index is 2.88. The van der Waals surface area contributed by atoms with E-state index in [1.54, 1.807) is 6.92 Å². The molecule has 1 rings (SSSR count).